The molecule has 136 valence electrons. The van der Waals surface area contributed by atoms with E-state index in [1.54, 1.807) is 0 Å². The van der Waals surface area contributed by atoms with Crippen LogP contribution >= 0.6 is 0 Å². The minimum Gasteiger partial charge on any atom is -0.388 e. The third-order valence-corrected chi connectivity index (χ3v) is 6.17. The Bertz CT molecular complexity index is 452. The lowest BCUT2D eigenvalue weighted by molar-refractivity contribution is -0.141. The van der Waals surface area contributed by atoms with E-state index in [0.717, 1.165) is 64.2 Å². The van der Waals surface area contributed by atoms with E-state index in [9.17, 15) is 14.7 Å². The van der Waals surface area contributed by atoms with E-state index in [2.05, 4.69) is 5.32 Å². The Hall–Kier alpha value is -1.10. The Kier molecular flexibility index (Phi) is 5.80. The second-order valence-corrected chi connectivity index (χ2v) is 8.03. The molecule has 2 aliphatic carbocycles. The SMILES string of the molecule is O=C(NCC1(O)CCCCCC1)C1CCCN1C(=O)C1CCCC1. The predicted octanol–water partition coefficient (Wildman–Crippen LogP) is 2.37. The van der Waals surface area contributed by atoms with Gasteiger partial charge in [-0.3, -0.25) is 9.59 Å². The van der Waals surface area contributed by atoms with Crippen molar-refractivity contribution in [3.05, 3.63) is 0 Å². The summed E-state index contributed by atoms with van der Waals surface area (Å²) < 4.78 is 0. The van der Waals surface area contributed by atoms with Crippen molar-refractivity contribution in [1.82, 2.24) is 10.2 Å². The minimum absolute atomic E-state index is 0.0727. The van der Waals surface area contributed by atoms with Crippen LogP contribution in [-0.2, 0) is 9.59 Å². The van der Waals surface area contributed by atoms with Gasteiger partial charge in [0.1, 0.15) is 6.04 Å². The fourth-order valence-electron chi connectivity index (χ4n) is 4.64. The summed E-state index contributed by atoms with van der Waals surface area (Å²) in [6.07, 6.45) is 11.8. The Morgan fingerprint density at radius 3 is 2.29 bits per heavy atom. The lowest BCUT2D eigenvalue weighted by Gasteiger charge is -2.30. The summed E-state index contributed by atoms with van der Waals surface area (Å²) in [5.74, 6) is 0.235. The van der Waals surface area contributed by atoms with E-state index in [-0.39, 0.29) is 23.8 Å². The first kappa shape index (κ1) is 17.7. The average Bonchev–Trinajstić information content (AvgIpc) is 3.23. The van der Waals surface area contributed by atoms with Crippen molar-refractivity contribution >= 4 is 11.8 Å². The van der Waals surface area contributed by atoms with Gasteiger partial charge in [0, 0.05) is 19.0 Å². The molecule has 0 spiro atoms. The smallest absolute Gasteiger partial charge is 0.242 e. The normalized spacial score (nSPS) is 27.9. The highest BCUT2D eigenvalue weighted by atomic mass is 16.3. The van der Waals surface area contributed by atoms with Gasteiger partial charge in [0.25, 0.3) is 0 Å². The third kappa shape index (κ3) is 4.11. The van der Waals surface area contributed by atoms with E-state index in [4.69, 9.17) is 0 Å². The second-order valence-electron chi connectivity index (χ2n) is 8.03. The van der Waals surface area contributed by atoms with Crippen LogP contribution in [0, 0.1) is 5.92 Å². The van der Waals surface area contributed by atoms with E-state index in [1.165, 1.54) is 12.8 Å². The number of likely N-dealkylation sites (tertiary alicyclic amines) is 1. The Labute approximate surface area is 145 Å². The van der Waals surface area contributed by atoms with Crippen molar-refractivity contribution < 1.29 is 14.7 Å². The first-order valence-electron chi connectivity index (χ1n) is 9.90. The van der Waals surface area contributed by atoms with Crippen LogP contribution in [0.5, 0.6) is 0 Å². The molecule has 1 heterocycles. The lowest BCUT2D eigenvalue weighted by atomic mass is 9.94. The summed E-state index contributed by atoms with van der Waals surface area (Å²) in [5, 5.41) is 13.7. The van der Waals surface area contributed by atoms with Gasteiger partial charge >= 0.3 is 0 Å². The van der Waals surface area contributed by atoms with Crippen LogP contribution in [0.3, 0.4) is 0 Å². The van der Waals surface area contributed by atoms with Crippen molar-refractivity contribution in [3.8, 4) is 0 Å². The minimum atomic E-state index is -0.759. The number of carbonyl (C=O) groups is 2. The number of nitrogens with one attached hydrogen (secondary N) is 1. The molecule has 1 saturated heterocycles. The molecule has 5 nitrogen and oxygen atoms in total. The zero-order valence-corrected chi connectivity index (χ0v) is 14.8. The predicted molar refractivity (Wildman–Crippen MR) is 92.4 cm³/mol. The summed E-state index contributed by atoms with van der Waals surface area (Å²) in [6, 6.07) is -0.326. The van der Waals surface area contributed by atoms with Crippen LogP contribution in [-0.4, -0.2) is 46.6 Å². The van der Waals surface area contributed by atoms with Gasteiger partial charge in [0.2, 0.25) is 11.8 Å². The molecule has 1 unspecified atom stereocenters. The number of amides is 2. The maximum atomic E-state index is 12.7. The molecule has 0 aromatic heterocycles. The highest BCUT2D eigenvalue weighted by Crippen LogP contribution is 2.30. The fourth-order valence-corrected chi connectivity index (χ4v) is 4.64. The highest BCUT2D eigenvalue weighted by molar-refractivity contribution is 5.89. The standard InChI is InChI=1S/C19H32N2O3/c22-17(20-14-19(24)11-5-1-2-6-12-19)16-10-7-13-21(16)18(23)15-8-3-4-9-15/h15-16,24H,1-14H2,(H,20,22). The summed E-state index contributed by atoms with van der Waals surface area (Å²) in [5.41, 5.74) is -0.759. The van der Waals surface area contributed by atoms with Crippen molar-refractivity contribution in [1.29, 1.82) is 0 Å². The third-order valence-electron chi connectivity index (χ3n) is 6.17. The summed E-state index contributed by atoms with van der Waals surface area (Å²) in [6.45, 7) is 1.03. The molecule has 0 aromatic rings. The number of carbonyl (C=O) groups excluding carboxylic acids is 2. The van der Waals surface area contributed by atoms with E-state index < -0.39 is 5.60 Å². The van der Waals surface area contributed by atoms with E-state index in [0.29, 0.717) is 13.1 Å². The molecule has 5 heteroatoms. The quantitative estimate of drug-likeness (QED) is 0.774. The molecule has 3 aliphatic rings. The Balaban J connectivity index is 1.54. The van der Waals surface area contributed by atoms with Crippen LogP contribution in [0.25, 0.3) is 0 Å². The van der Waals surface area contributed by atoms with Gasteiger partial charge < -0.3 is 15.3 Å². The van der Waals surface area contributed by atoms with Crippen molar-refractivity contribution in [2.24, 2.45) is 5.92 Å². The monoisotopic (exact) mass is 336 g/mol. The number of nitrogens with zero attached hydrogens (tertiary/aromatic N) is 1. The number of hydrogen-bond donors (Lipinski definition) is 2. The molecule has 1 aliphatic heterocycles. The second kappa shape index (κ2) is 7.85. The number of hydrogen-bond acceptors (Lipinski definition) is 3. The van der Waals surface area contributed by atoms with E-state index >= 15 is 0 Å². The lowest BCUT2D eigenvalue weighted by Crippen LogP contribution is -2.51. The topological polar surface area (TPSA) is 69.6 Å². The first-order valence-corrected chi connectivity index (χ1v) is 9.90. The van der Waals surface area contributed by atoms with Crippen LogP contribution in [0.2, 0.25) is 0 Å². The first-order chi connectivity index (χ1) is 11.6. The largest absolute Gasteiger partial charge is 0.388 e. The van der Waals surface area contributed by atoms with Gasteiger partial charge in [0.05, 0.1) is 5.60 Å². The van der Waals surface area contributed by atoms with Gasteiger partial charge in [-0.1, -0.05) is 38.5 Å². The average molecular weight is 336 g/mol. The molecule has 2 amide bonds. The zero-order chi connectivity index (χ0) is 17.0. The summed E-state index contributed by atoms with van der Waals surface area (Å²) >= 11 is 0. The Morgan fingerprint density at radius 2 is 1.62 bits per heavy atom. The molecule has 0 radical (unpaired) electrons. The molecular formula is C19H32N2O3. The van der Waals surface area contributed by atoms with E-state index in [1.807, 2.05) is 4.90 Å². The maximum Gasteiger partial charge on any atom is 0.242 e. The van der Waals surface area contributed by atoms with Crippen LogP contribution in [0.4, 0.5) is 0 Å². The number of rotatable bonds is 4. The molecular weight excluding hydrogens is 304 g/mol. The molecule has 0 aromatic carbocycles. The van der Waals surface area contributed by atoms with Gasteiger partial charge in [0.15, 0.2) is 0 Å². The fraction of sp³-hybridized carbons (Fsp3) is 0.895. The van der Waals surface area contributed by atoms with Crippen molar-refractivity contribution in [3.63, 3.8) is 0 Å². The molecule has 2 saturated carbocycles. The molecule has 24 heavy (non-hydrogen) atoms. The molecule has 2 N–H and O–H groups in total. The molecule has 3 fully saturated rings. The van der Waals surface area contributed by atoms with Gasteiger partial charge in [-0.15, -0.1) is 0 Å². The summed E-state index contributed by atoms with van der Waals surface area (Å²) in [4.78, 5) is 27.1. The zero-order valence-electron chi connectivity index (χ0n) is 14.8. The van der Waals surface area contributed by atoms with Crippen LogP contribution in [0.1, 0.15) is 77.0 Å². The van der Waals surface area contributed by atoms with Gasteiger partial charge in [-0.05, 0) is 38.5 Å². The van der Waals surface area contributed by atoms with Gasteiger partial charge in [-0.25, -0.2) is 0 Å². The molecule has 0 bridgehead atoms. The van der Waals surface area contributed by atoms with Crippen molar-refractivity contribution in [2.45, 2.75) is 88.7 Å². The summed E-state index contributed by atoms with van der Waals surface area (Å²) in [7, 11) is 0. The van der Waals surface area contributed by atoms with Crippen molar-refractivity contribution in [2.75, 3.05) is 13.1 Å². The Morgan fingerprint density at radius 1 is 0.958 bits per heavy atom. The highest BCUT2D eigenvalue weighted by Gasteiger charge is 2.38. The van der Waals surface area contributed by atoms with Crippen LogP contribution in [0.15, 0.2) is 0 Å². The number of aliphatic hydroxyl groups is 1. The molecule has 1 atom stereocenters. The molecule has 3 rings (SSSR count). The van der Waals surface area contributed by atoms with Crippen LogP contribution < -0.4 is 5.32 Å². The maximum absolute atomic E-state index is 12.7. The van der Waals surface area contributed by atoms with Gasteiger partial charge in [-0.2, -0.15) is 0 Å².